The fourth-order valence-electron chi connectivity index (χ4n) is 4.43. The van der Waals surface area contributed by atoms with Crippen molar-refractivity contribution in [2.24, 2.45) is 10.9 Å². The van der Waals surface area contributed by atoms with Crippen molar-refractivity contribution in [1.29, 1.82) is 5.26 Å². The molecule has 4 rings (SSSR count). The number of hydrogen-bond donors (Lipinski definition) is 1. The number of benzene rings is 1. The molecule has 142 valence electrons. The summed E-state index contributed by atoms with van der Waals surface area (Å²) in [5.74, 6) is 0.643. The number of guanidine groups is 1. The zero-order valence-electron chi connectivity index (χ0n) is 15.6. The summed E-state index contributed by atoms with van der Waals surface area (Å²) in [5, 5.41) is 12.4. The summed E-state index contributed by atoms with van der Waals surface area (Å²) in [6.45, 7) is 3.25. The van der Waals surface area contributed by atoms with Gasteiger partial charge in [-0.1, -0.05) is 18.9 Å². The molecule has 2 aliphatic heterocycles. The van der Waals surface area contributed by atoms with E-state index in [0.717, 1.165) is 63.3 Å². The molecule has 1 N–H and O–H groups in total. The normalized spacial score (nSPS) is 24.4. The molecule has 3 aliphatic rings. The first-order valence-electron chi connectivity index (χ1n) is 9.59. The lowest BCUT2D eigenvalue weighted by molar-refractivity contribution is -0.124. The van der Waals surface area contributed by atoms with Crippen molar-refractivity contribution in [2.75, 3.05) is 38.2 Å². The van der Waals surface area contributed by atoms with E-state index in [-0.39, 0.29) is 5.91 Å². The van der Waals surface area contributed by atoms with Crippen LogP contribution in [0.2, 0.25) is 0 Å². The van der Waals surface area contributed by atoms with Crippen molar-refractivity contribution in [2.45, 2.75) is 31.2 Å². The Bertz CT molecular complexity index is 786. The van der Waals surface area contributed by atoms with Crippen molar-refractivity contribution >= 4 is 17.6 Å². The first-order chi connectivity index (χ1) is 13.1. The van der Waals surface area contributed by atoms with E-state index in [2.05, 4.69) is 27.3 Å². The van der Waals surface area contributed by atoms with Gasteiger partial charge in [-0.15, -0.1) is 0 Å². The van der Waals surface area contributed by atoms with Crippen molar-refractivity contribution in [3.8, 4) is 11.8 Å². The lowest BCUT2D eigenvalue weighted by Crippen LogP contribution is -2.59. The van der Waals surface area contributed by atoms with E-state index in [1.807, 2.05) is 18.2 Å². The number of anilines is 1. The van der Waals surface area contributed by atoms with Gasteiger partial charge in [-0.2, -0.15) is 5.26 Å². The number of hydrogen-bond acceptors (Lipinski definition) is 6. The topological polar surface area (TPSA) is 81.0 Å². The van der Waals surface area contributed by atoms with Gasteiger partial charge in [0.2, 0.25) is 11.9 Å². The van der Waals surface area contributed by atoms with Crippen molar-refractivity contribution in [3.05, 3.63) is 24.3 Å². The number of nitrogens with one attached hydrogen (secondary N) is 1. The number of nitrogens with zero attached hydrogens (tertiary/aromatic N) is 4. The van der Waals surface area contributed by atoms with Gasteiger partial charge in [0.25, 0.3) is 0 Å². The summed E-state index contributed by atoms with van der Waals surface area (Å²) < 4.78 is 5.32. The second kappa shape index (κ2) is 7.10. The Hall–Kier alpha value is -2.75. The van der Waals surface area contributed by atoms with E-state index in [0.29, 0.717) is 5.96 Å². The fraction of sp³-hybridized carbons (Fsp3) is 0.550. The molecule has 1 saturated carbocycles. The summed E-state index contributed by atoms with van der Waals surface area (Å²) >= 11 is 0. The summed E-state index contributed by atoms with van der Waals surface area (Å²) in [6.07, 6.45) is 3.72. The minimum atomic E-state index is -0.665. The summed E-state index contributed by atoms with van der Waals surface area (Å²) in [4.78, 5) is 21.9. The van der Waals surface area contributed by atoms with Crippen LogP contribution in [0.5, 0.6) is 5.75 Å². The Kier molecular flexibility index (Phi) is 4.65. The number of ether oxygens (including phenoxy) is 1. The largest absolute Gasteiger partial charge is 0.497 e. The standard InChI is InChI=1S/C20H25N5O2/c1-27-16-6-4-5-15(13-16)24-9-11-25(12-10-24)19-22-18(26)17(14-21)20(23-19)7-2-3-8-20/h4-6,13,17H,2-3,7-12H2,1H3,(H,22,23,26)/t17-/m0/s1. The van der Waals surface area contributed by atoms with Gasteiger partial charge >= 0.3 is 0 Å². The van der Waals surface area contributed by atoms with E-state index < -0.39 is 11.5 Å². The van der Waals surface area contributed by atoms with Crippen LogP contribution in [0.15, 0.2) is 29.3 Å². The van der Waals surface area contributed by atoms with Gasteiger partial charge in [-0.05, 0) is 25.0 Å². The van der Waals surface area contributed by atoms with E-state index in [1.165, 1.54) is 0 Å². The van der Waals surface area contributed by atoms with Crippen molar-refractivity contribution < 1.29 is 9.53 Å². The maximum atomic E-state index is 12.5. The molecule has 1 aromatic carbocycles. The number of amides is 1. The average Bonchev–Trinajstić information content (AvgIpc) is 3.16. The molecule has 7 nitrogen and oxygen atoms in total. The third-order valence-electron chi connectivity index (χ3n) is 5.96. The quantitative estimate of drug-likeness (QED) is 0.861. The SMILES string of the molecule is COc1cccc(N2CCN(C3=NC4(CCCC4)[C@@H](C#N)C(=O)N3)CC2)c1. The molecule has 1 saturated heterocycles. The van der Waals surface area contributed by atoms with Gasteiger partial charge in [0, 0.05) is 37.9 Å². The summed E-state index contributed by atoms with van der Waals surface area (Å²) in [7, 11) is 1.67. The smallest absolute Gasteiger partial charge is 0.246 e. The number of carbonyl (C=O) groups excluding carboxylic acids is 1. The lowest BCUT2D eigenvalue weighted by Gasteiger charge is -2.41. The van der Waals surface area contributed by atoms with E-state index in [1.54, 1.807) is 7.11 Å². The molecule has 27 heavy (non-hydrogen) atoms. The lowest BCUT2D eigenvalue weighted by atomic mass is 9.82. The van der Waals surface area contributed by atoms with Crippen molar-refractivity contribution in [1.82, 2.24) is 10.2 Å². The van der Waals surface area contributed by atoms with Gasteiger partial charge in [-0.25, -0.2) is 4.99 Å². The number of methoxy groups -OCH3 is 1. The molecule has 2 fully saturated rings. The molecule has 0 aromatic heterocycles. The molecule has 2 heterocycles. The molecular formula is C20H25N5O2. The highest BCUT2D eigenvalue weighted by Crippen LogP contribution is 2.41. The molecular weight excluding hydrogens is 342 g/mol. The molecule has 0 unspecified atom stereocenters. The number of carbonyl (C=O) groups is 1. The Morgan fingerprint density at radius 2 is 1.93 bits per heavy atom. The number of piperazine rings is 1. The van der Waals surface area contributed by atoms with E-state index >= 15 is 0 Å². The highest BCUT2D eigenvalue weighted by atomic mass is 16.5. The predicted octanol–water partition coefficient (Wildman–Crippen LogP) is 1.76. The van der Waals surface area contributed by atoms with E-state index in [9.17, 15) is 10.1 Å². The van der Waals surface area contributed by atoms with Crippen LogP contribution in [0.25, 0.3) is 0 Å². The van der Waals surface area contributed by atoms with Gasteiger partial charge in [0.05, 0.1) is 18.7 Å². The van der Waals surface area contributed by atoms with Crippen LogP contribution in [0, 0.1) is 17.2 Å². The minimum absolute atomic E-state index is 0.195. The molecule has 0 radical (unpaired) electrons. The van der Waals surface area contributed by atoms with Crippen LogP contribution < -0.4 is 15.0 Å². The van der Waals surface area contributed by atoms with Gasteiger partial charge in [0.15, 0.2) is 5.92 Å². The first kappa shape index (κ1) is 17.7. The maximum absolute atomic E-state index is 12.5. The number of rotatable bonds is 2. The molecule has 1 aromatic rings. The zero-order valence-corrected chi connectivity index (χ0v) is 15.6. The summed E-state index contributed by atoms with van der Waals surface area (Å²) in [6, 6.07) is 10.3. The van der Waals surface area contributed by atoms with Crippen molar-refractivity contribution in [3.63, 3.8) is 0 Å². The van der Waals surface area contributed by atoms with Crippen LogP contribution in [0.4, 0.5) is 5.69 Å². The van der Waals surface area contributed by atoms with Crippen LogP contribution in [0.1, 0.15) is 25.7 Å². The van der Waals surface area contributed by atoms with Gasteiger partial charge in [0.1, 0.15) is 5.75 Å². The van der Waals surface area contributed by atoms with Crippen LogP contribution in [0.3, 0.4) is 0 Å². The minimum Gasteiger partial charge on any atom is -0.497 e. The van der Waals surface area contributed by atoms with Gasteiger partial charge < -0.3 is 14.5 Å². The molecule has 1 aliphatic carbocycles. The molecule has 1 spiro atoms. The monoisotopic (exact) mass is 367 g/mol. The molecule has 0 bridgehead atoms. The fourth-order valence-corrected chi connectivity index (χ4v) is 4.43. The second-order valence-electron chi connectivity index (χ2n) is 7.47. The molecule has 7 heteroatoms. The predicted molar refractivity (Wildman–Crippen MR) is 103 cm³/mol. The third-order valence-corrected chi connectivity index (χ3v) is 5.96. The molecule has 1 amide bonds. The van der Waals surface area contributed by atoms with E-state index in [4.69, 9.17) is 9.73 Å². The first-order valence-corrected chi connectivity index (χ1v) is 9.59. The third kappa shape index (κ3) is 3.20. The Balaban J connectivity index is 1.48. The molecule has 1 atom stereocenters. The number of nitriles is 1. The van der Waals surface area contributed by atoms with Crippen LogP contribution in [-0.2, 0) is 4.79 Å². The average molecular weight is 367 g/mol. The summed E-state index contributed by atoms with van der Waals surface area (Å²) in [5.41, 5.74) is 0.622. The highest BCUT2D eigenvalue weighted by molar-refractivity contribution is 6.02. The van der Waals surface area contributed by atoms with Crippen LogP contribution in [-0.4, -0.2) is 55.6 Å². The number of aliphatic imine (C=N–C) groups is 1. The van der Waals surface area contributed by atoms with Gasteiger partial charge in [-0.3, -0.25) is 10.1 Å². The highest BCUT2D eigenvalue weighted by Gasteiger charge is 2.49. The van der Waals surface area contributed by atoms with Crippen LogP contribution >= 0.6 is 0 Å². The Morgan fingerprint density at radius 3 is 2.59 bits per heavy atom. The Morgan fingerprint density at radius 1 is 1.22 bits per heavy atom. The maximum Gasteiger partial charge on any atom is 0.246 e. The second-order valence-corrected chi connectivity index (χ2v) is 7.47. The Labute approximate surface area is 159 Å². The zero-order chi connectivity index (χ0) is 18.9.